The van der Waals surface area contributed by atoms with Gasteiger partial charge in [-0.25, -0.2) is 0 Å². The highest BCUT2D eigenvalue weighted by molar-refractivity contribution is 5.58. The fourth-order valence-corrected chi connectivity index (χ4v) is 1.96. The van der Waals surface area contributed by atoms with Crippen molar-refractivity contribution < 1.29 is 4.42 Å². The van der Waals surface area contributed by atoms with Crippen LogP contribution in [0.25, 0.3) is 18.2 Å². The summed E-state index contributed by atoms with van der Waals surface area (Å²) in [6.07, 6.45) is 14.7. The van der Waals surface area contributed by atoms with E-state index in [4.69, 9.17) is 4.42 Å². The lowest BCUT2D eigenvalue weighted by molar-refractivity contribution is 0.490. The maximum absolute atomic E-state index is 5.86. The van der Waals surface area contributed by atoms with Crippen molar-refractivity contribution in [3.05, 3.63) is 65.0 Å². The lowest BCUT2D eigenvalue weighted by atomic mass is 10.1. The predicted molar refractivity (Wildman–Crippen MR) is 108 cm³/mol. The minimum Gasteiger partial charge on any atom is -0.460 e. The van der Waals surface area contributed by atoms with Gasteiger partial charge < -0.3 is 4.42 Å². The predicted octanol–water partition coefficient (Wildman–Crippen LogP) is 5.81. The van der Waals surface area contributed by atoms with Crippen LogP contribution in [0.1, 0.15) is 59.8 Å². The molecule has 0 radical (unpaired) electrons. The molecule has 0 aliphatic heterocycles. The summed E-state index contributed by atoms with van der Waals surface area (Å²) in [7, 11) is 0. The largest absolute Gasteiger partial charge is 0.460 e. The summed E-state index contributed by atoms with van der Waals surface area (Å²) < 4.78 is 5.86. The van der Waals surface area contributed by atoms with Gasteiger partial charge in [-0.1, -0.05) is 70.7 Å². The van der Waals surface area contributed by atoms with Gasteiger partial charge in [-0.05, 0) is 32.4 Å². The first kappa shape index (κ1) is 23.2. The molecule has 0 aliphatic carbocycles. The monoisotopic (exact) mass is 314 g/mol. The SMILES string of the molecule is C=CCc1oc(=C/C)/c(=C\C)c1/C=C\C(=C)/C=C\C.CC.CC. The maximum atomic E-state index is 5.86. The molecule has 0 saturated carbocycles. The Morgan fingerprint density at radius 3 is 2.04 bits per heavy atom. The second kappa shape index (κ2) is 14.9. The van der Waals surface area contributed by atoms with Crippen LogP contribution in [0.4, 0.5) is 0 Å². The van der Waals surface area contributed by atoms with E-state index >= 15 is 0 Å². The summed E-state index contributed by atoms with van der Waals surface area (Å²) in [6.45, 7) is 21.7. The highest BCUT2D eigenvalue weighted by atomic mass is 16.3. The van der Waals surface area contributed by atoms with Crippen LogP contribution in [-0.4, -0.2) is 0 Å². The number of allylic oxidation sites excluding steroid dienone is 5. The Morgan fingerprint density at radius 1 is 1.00 bits per heavy atom. The fraction of sp³-hybridized carbons (Fsp3) is 0.364. The molecule has 0 bridgehead atoms. The molecule has 0 N–H and O–H groups in total. The minimum absolute atomic E-state index is 0.727. The van der Waals surface area contributed by atoms with Crippen molar-refractivity contribution in [1.29, 1.82) is 0 Å². The van der Waals surface area contributed by atoms with E-state index in [9.17, 15) is 0 Å². The van der Waals surface area contributed by atoms with Gasteiger partial charge in [-0.2, -0.15) is 0 Å². The second-order valence-corrected chi connectivity index (χ2v) is 4.20. The minimum atomic E-state index is 0.727. The summed E-state index contributed by atoms with van der Waals surface area (Å²) in [6, 6.07) is 0. The van der Waals surface area contributed by atoms with E-state index < -0.39 is 0 Å². The van der Waals surface area contributed by atoms with Gasteiger partial charge in [0.25, 0.3) is 0 Å². The maximum Gasteiger partial charge on any atom is 0.130 e. The van der Waals surface area contributed by atoms with Crippen molar-refractivity contribution in [2.45, 2.75) is 54.9 Å². The zero-order chi connectivity index (χ0) is 18.3. The number of hydrogen-bond acceptors (Lipinski definition) is 1. The normalized spacial score (nSPS) is 12.0. The van der Waals surface area contributed by atoms with Crippen molar-refractivity contribution >= 4 is 18.2 Å². The molecule has 1 nitrogen and oxygen atoms in total. The van der Waals surface area contributed by atoms with Gasteiger partial charge in [-0.15, -0.1) is 6.58 Å². The van der Waals surface area contributed by atoms with Crippen LogP contribution in [0.2, 0.25) is 0 Å². The summed E-state index contributed by atoms with van der Waals surface area (Å²) in [5.41, 5.74) is 2.99. The Hall–Kier alpha value is -2.02. The third-order valence-electron chi connectivity index (χ3n) is 2.81. The zero-order valence-corrected chi connectivity index (χ0v) is 16.1. The van der Waals surface area contributed by atoms with E-state index in [-0.39, 0.29) is 0 Å². The molecular formula is C22H34O. The quantitative estimate of drug-likeness (QED) is 0.494. The van der Waals surface area contributed by atoms with Gasteiger partial charge in [0.1, 0.15) is 11.2 Å². The summed E-state index contributed by atoms with van der Waals surface area (Å²) in [5.74, 6) is 0.945. The zero-order valence-electron chi connectivity index (χ0n) is 16.1. The molecule has 0 aromatic carbocycles. The van der Waals surface area contributed by atoms with Crippen molar-refractivity contribution in [2.75, 3.05) is 0 Å². The molecule has 0 saturated heterocycles. The van der Waals surface area contributed by atoms with Gasteiger partial charge in [0.2, 0.25) is 0 Å². The third kappa shape index (κ3) is 7.69. The topological polar surface area (TPSA) is 13.1 Å². The Bertz CT molecular complexity index is 622. The lowest BCUT2D eigenvalue weighted by Gasteiger charge is -1.94. The molecule has 23 heavy (non-hydrogen) atoms. The van der Waals surface area contributed by atoms with E-state index in [0.29, 0.717) is 0 Å². The molecule has 0 aliphatic rings. The van der Waals surface area contributed by atoms with Crippen molar-refractivity contribution in [3.8, 4) is 0 Å². The van der Waals surface area contributed by atoms with Crippen LogP contribution in [0.15, 0.2) is 47.5 Å². The van der Waals surface area contributed by atoms with Crippen LogP contribution in [0.5, 0.6) is 0 Å². The van der Waals surface area contributed by atoms with Crippen LogP contribution < -0.4 is 10.6 Å². The average molecular weight is 315 g/mol. The van der Waals surface area contributed by atoms with Gasteiger partial charge in [0.05, 0.1) is 0 Å². The van der Waals surface area contributed by atoms with Crippen LogP contribution in [-0.2, 0) is 6.42 Å². The Morgan fingerprint density at radius 2 is 1.61 bits per heavy atom. The summed E-state index contributed by atoms with van der Waals surface area (Å²) in [5, 5.41) is 1.13. The van der Waals surface area contributed by atoms with Crippen molar-refractivity contribution in [1.82, 2.24) is 0 Å². The van der Waals surface area contributed by atoms with E-state index in [2.05, 4.69) is 25.3 Å². The van der Waals surface area contributed by atoms with Gasteiger partial charge >= 0.3 is 0 Å². The molecule has 0 spiro atoms. The Labute approximate surface area is 143 Å². The summed E-state index contributed by atoms with van der Waals surface area (Å²) in [4.78, 5) is 0. The molecule has 0 atom stereocenters. The first-order valence-corrected chi connectivity index (χ1v) is 8.52. The Kier molecular flexibility index (Phi) is 15.1. The first-order chi connectivity index (χ1) is 11.2. The van der Waals surface area contributed by atoms with Crippen LogP contribution in [0.3, 0.4) is 0 Å². The van der Waals surface area contributed by atoms with Gasteiger partial charge in [0, 0.05) is 17.2 Å². The van der Waals surface area contributed by atoms with Crippen molar-refractivity contribution in [3.63, 3.8) is 0 Å². The van der Waals surface area contributed by atoms with Crippen LogP contribution >= 0.6 is 0 Å². The molecule has 128 valence electrons. The standard InChI is InChI=1S/C18H22O.2C2H6/c1-6-10-14(5)12-13-16-15(8-3)17(9-4)19-18(16)11-7-2;2*1-2/h6-10,12-13H,2,5,11H2,1,3-4H3;2*1-2H3/b10-6-,13-12-,15-8-,17-9+;;. The highest BCUT2D eigenvalue weighted by Gasteiger charge is 2.06. The van der Waals surface area contributed by atoms with E-state index in [1.54, 1.807) is 0 Å². The molecule has 1 aromatic rings. The Balaban J connectivity index is 0. The van der Waals surface area contributed by atoms with Crippen LogP contribution in [0, 0.1) is 0 Å². The molecule has 1 heterocycles. The molecule has 0 unspecified atom stereocenters. The third-order valence-corrected chi connectivity index (χ3v) is 2.81. The molecule has 1 rings (SSSR count). The number of rotatable bonds is 5. The first-order valence-electron chi connectivity index (χ1n) is 8.52. The van der Waals surface area contributed by atoms with E-state index in [1.807, 2.05) is 78.8 Å². The second-order valence-electron chi connectivity index (χ2n) is 4.20. The molecule has 1 heteroatoms. The molecule has 0 fully saturated rings. The average Bonchev–Trinajstić information content (AvgIpc) is 2.94. The van der Waals surface area contributed by atoms with Gasteiger partial charge in [-0.3, -0.25) is 0 Å². The number of hydrogen-bond donors (Lipinski definition) is 0. The van der Waals surface area contributed by atoms with Gasteiger partial charge in [0.15, 0.2) is 0 Å². The molecular weight excluding hydrogens is 280 g/mol. The summed E-state index contributed by atoms with van der Waals surface area (Å²) >= 11 is 0. The molecule has 0 amide bonds. The van der Waals surface area contributed by atoms with E-state index in [1.165, 1.54) is 0 Å². The lowest BCUT2D eigenvalue weighted by Crippen LogP contribution is -2.20. The van der Waals surface area contributed by atoms with E-state index in [0.717, 1.165) is 34.0 Å². The smallest absolute Gasteiger partial charge is 0.130 e. The fourth-order valence-electron chi connectivity index (χ4n) is 1.96. The highest BCUT2D eigenvalue weighted by Crippen LogP contribution is 2.09. The number of furan rings is 1. The van der Waals surface area contributed by atoms with Crippen molar-refractivity contribution in [2.24, 2.45) is 0 Å². The molecule has 1 aromatic heterocycles.